The Morgan fingerprint density at radius 2 is 1.67 bits per heavy atom. The van der Waals surface area contributed by atoms with E-state index in [1.54, 1.807) is 17.0 Å². The van der Waals surface area contributed by atoms with E-state index < -0.39 is 11.7 Å². The van der Waals surface area contributed by atoms with Crippen molar-refractivity contribution in [2.75, 3.05) is 37.9 Å². The molecule has 1 saturated heterocycles. The quantitative estimate of drug-likeness (QED) is 0.761. The zero-order chi connectivity index (χ0) is 14.4. The lowest BCUT2D eigenvalue weighted by Crippen LogP contribution is -2.39. The molecule has 0 N–H and O–H groups in total. The molecule has 1 aromatic carbocycles. The molecule has 1 aromatic rings. The largest absolute Gasteiger partial charge is 0.486 e. The zero-order valence-corrected chi connectivity index (χ0v) is 11.6. The number of hydrogen-bond acceptors (Lipinski definition) is 5. The highest BCUT2D eigenvalue weighted by molar-refractivity contribution is 6.52. The van der Waals surface area contributed by atoms with E-state index in [4.69, 9.17) is 9.47 Å². The van der Waals surface area contributed by atoms with Crippen LogP contribution in [0.5, 0.6) is 11.5 Å². The van der Waals surface area contributed by atoms with Crippen molar-refractivity contribution >= 4 is 17.4 Å². The van der Waals surface area contributed by atoms with Gasteiger partial charge in [-0.25, -0.2) is 0 Å². The number of benzene rings is 1. The van der Waals surface area contributed by atoms with E-state index in [2.05, 4.69) is 4.90 Å². The summed E-state index contributed by atoms with van der Waals surface area (Å²) in [5.74, 6) is 0.235. The van der Waals surface area contributed by atoms with Crippen molar-refractivity contribution in [3.8, 4) is 11.5 Å². The highest BCUT2D eigenvalue weighted by Crippen LogP contribution is 2.40. The van der Waals surface area contributed by atoms with Crippen molar-refractivity contribution < 1.29 is 19.1 Å². The first-order valence-corrected chi connectivity index (χ1v) is 7.26. The zero-order valence-electron chi connectivity index (χ0n) is 11.6. The van der Waals surface area contributed by atoms with Gasteiger partial charge in [0.2, 0.25) is 0 Å². The Labute approximate surface area is 122 Å². The van der Waals surface area contributed by atoms with Crippen LogP contribution in [0.25, 0.3) is 0 Å². The second kappa shape index (κ2) is 4.73. The summed E-state index contributed by atoms with van der Waals surface area (Å²) in [7, 11) is 0. The lowest BCUT2D eigenvalue weighted by Gasteiger charge is -2.25. The third-order valence-corrected chi connectivity index (χ3v) is 4.18. The number of ether oxygens (including phenoxy) is 2. The van der Waals surface area contributed by atoms with Gasteiger partial charge in [0.25, 0.3) is 5.78 Å². The number of amides is 1. The fourth-order valence-electron chi connectivity index (χ4n) is 3.09. The highest BCUT2D eigenvalue weighted by atomic mass is 16.6. The van der Waals surface area contributed by atoms with Crippen molar-refractivity contribution in [1.29, 1.82) is 0 Å². The fraction of sp³-hybridized carbons (Fsp3) is 0.467. The summed E-state index contributed by atoms with van der Waals surface area (Å²) in [5, 5.41) is 0. The number of Topliss-reactive ketones (excluding diaryl/α,β-unsaturated/α-hetero) is 1. The molecule has 0 bridgehead atoms. The van der Waals surface area contributed by atoms with E-state index in [1.807, 2.05) is 0 Å². The summed E-state index contributed by atoms with van der Waals surface area (Å²) < 4.78 is 11.0. The molecule has 3 heterocycles. The smallest absolute Gasteiger partial charge is 0.300 e. The Bertz CT molecular complexity index is 622. The average molecular weight is 288 g/mol. The molecule has 110 valence electrons. The Balaban J connectivity index is 1.71. The summed E-state index contributed by atoms with van der Waals surface area (Å²) in [5.41, 5.74) is 1.06. The number of carbonyl (C=O) groups is 2. The number of hydrogen-bond donors (Lipinski definition) is 0. The van der Waals surface area contributed by atoms with Crippen LogP contribution in [0.4, 0.5) is 5.69 Å². The maximum atomic E-state index is 12.2. The van der Waals surface area contributed by atoms with Crippen molar-refractivity contribution in [2.24, 2.45) is 0 Å². The predicted molar refractivity (Wildman–Crippen MR) is 74.9 cm³/mol. The normalized spacial score (nSPS) is 21.0. The van der Waals surface area contributed by atoms with Crippen molar-refractivity contribution in [3.63, 3.8) is 0 Å². The van der Waals surface area contributed by atoms with Crippen LogP contribution in [-0.4, -0.2) is 49.6 Å². The number of carbonyl (C=O) groups excluding carboxylic acids is 2. The molecule has 3 aliphatic rings. The van der Waals surface area contributed by atoms with Gasteiger partial charge in [-0.1, -0.05) is 0 Å². The average Bonchev–Trinajstić information content (AvgIpc) is 3.09. The van der Waals surface area contributed by atoms with Crippen LogP contribution >= 0.6 is 0 Å². The van der Waals surface area contributed by atoms with E-state index in [1.165, 1.54) is 0 Å². The molecule has 0 saturated carbocycles. The van der Waals surface area contributed by atoms with Crippen LogP contribution in [0.15, 0.2) is 12.1 Å². The number of rotatable bonds is 2. The molecule has 1 amide bonds. The molecule has 0 unspecified atom stereocenters. The third-order valence-electron chi connectivity index (χ3n) is 4.18. The standard InChI is InChI=1S/C15H16N2O4/c18-14-10-7-12-13(21-6-5-20-12)8-11(10)17(15(14)19)9-16-3-1-2-4-16/h7-8H,1-6,9H2. The van der Waals surface area contributed by atoms with Crippen LogP contribution in [0.1, 0.15) is 23.2 Å². The van der Waals surface area contributed by atoms with Gasteiger partial charge in [0, 0.05) is 6.07 Å². The number of ketones is 1. The predicted octanol–water partition coefficient (Wildman–Crippen LogP) is 1.04. The SMILES string of the molecule is O=C1C(=O)N(CN2CCCC2)c2cc3c(cc21)OCCO3. The van der Waals surface area contributed by atoms with Crippen LogP contribution in [0.3, 0.4) is 0 Å². The molecule has 0 spiro atoms. The molecular weight excluding hydrogens is 272 g/mol. The van der Waals surface area contributed by atoms with Gasteiger partial charge in [-0.05, 0) is 32.0 Å². The molecule has 0 aliphatic carbocycles. The minimum absolute atomic E-state index is 0.420. The van der Waals surface area contributed by atoms with Gasteiger partial charge in [0.15, 0.2) is 11.5 Å². The Morgan fingerprint density at radius 1 is 1.00 bits per heavy atom. The minimum atomic E-state index is -0.459. The minimum Gasteiger partial charge on any atom is -0.486 e. The molecule has 6 nitrogen and oxygen atoms in total. The first-order valence-electron chi connectivity index (χ1n) is 7.26. The Morgan fingerprint density at radius 3 is 2.38 bits per heavy atom. The van der Waals surface area contributed by atoms with Crippen LogP contribution in [0.2, 0.25) is 0 Å². The van der Waals surface area contributed by atoms with Gasteiger partial charge in [-0.15, -0.1) is 0 Å². The summed E-state index contributed by atoms with van der Waals surface area (Å²) in [6, 6.07) is 3.39. The maximum Gasteiger partial charge on any atom is 0.300 e. The molecule has 6 heteroatoms. The topological polar surface area (TPSA) is 59.1 Å². The van der Waals surface area contributed by atoms with Crippen LogP contribution in [-0.2, 0) is 4.79 Å². The van der Waals surface area contributed by atoms with Crippen molar-refractivity contribution in [2.45, 2.75) is 12.8 Å². The maximum absolute atomic E-state index is 12.2. The van der Waals surface area contributed by atoms with Crippen LogP contribution < -0.4 is 14.4 Å². The molecule has 1 fully saturated rings. The number of fused-ring (bicyclic) bond motifs is 2. The summed E-state index contributed by atoms with van der Waals surface area (Å²) >= 11 is 0. The van der Waals surface area contributed by atoms with E-state index in [0.29, 0.717) is 42.6 Å². The van der Waals surface area contributed by atoms with Gasteiger partial charge in [-0.3, -0.25) is 19.4 Å². The second-order valence-electron chi connectivity index (χ2n) is 5.54. The number of likely N-dealkylation sites (tertiary alicyclic amines) is 1. The Kier molecular flexibility index (Phi) is 2.85. The van der Waals surface area contributed by atoms with E-state index in [-0.39, 0.29) is 0 Å². The molecule has 0 atom stereocenters. The molecule has 0 radical (unpaired) electrons. The van der Waals surface area contributed by atoms with Gasteiger partial charge < -0.3 is 9.47 Å². The second-order valence-corrected chi connectivity index (χ2v) is 5.54. The third kappa shape index (κ3) is 1.98. The van der Waals surface area contributed by atoms with Gasteiger partial charge in [0.1, 0.15) is 13.2 Å². The monoisotopic (exact) mass is 288 g/mol. The van der Waals surface area contributed by atoms with Crippen molar-refractivity contribution in [3.05, 3.63) is 17.7 Å². The van der Waals surface area contributed by atoms with E-state index in [9.17, 15) is 9.59 Å². The van der Waals surface area contributed by atoms with Gasteiger partial charge in [-0.2, -0.15) is 0 Å². The van der Waals surface area contributed by atoms with Gasteiger partial charge >= 0.3 is 5.91 Å². The fourth-order valence-corrected chi connectivity index (χ4v) is 3.09. The number of nitrogens with zero attached hydrogens (tertiary/aromatic N) is 2. The van der Waals surface area contributed by atoms with E-state index in [0.717, 1.165) is 25.9 Å². The van der Waals surface area contributed by atoms with E-state index >= 15 is 0 Å². The van der Waals surface area contributed by atoms with Gasteiger partial charge in [0.05, 0.1) is 17.9 Å². The molecule has 3 aliphatic heterocycles. The molecular formula is C15H16N2O4. The summed E-state index contributed by atoms with van der Waals surface area (Å²) in [6.45, 7) is 3.36. The Hall–Kier alpha value is -2.08. The molecule has 21 heavy (non-hydrogen) atoms. The molecule has 4 rings (SSSR count). The van der Waals surface area contributed by atoms with Crippen LogP contribution in [0, 0.1) is 0 Å². The lowest BCUT2D eigenvalue weighted by atomic mass is 10.1. The molecule has 0 aromatic heterocycles. The first kappa shape index (κ1) is 12.6. The first-order chi connectivity index (χ1) is 10.2. The van der Waals surface area contributed by atoms with Crippen molar-refractivity contribution in [1.82, 2.24) is 4.90 Å². The highest BCUT2D eigenvalue weighted by Gasteiger charge is 2.38. The summed E-state index contributed by atoms with van der Waals surface area (Å²) in [6.07, 6.45) is 2.29. The lowest BCUT2D eigenvalue weighted by molar-refractivity contribution is -0.114. The number of anilines is 1. The summed E-state index contributed by atoms with van der Waals surface area (Å²) in [4.78, 5) is 28.1.